The Hall–Kier alpha value is -2.01. The normalized spacial score (nSPS) is 14.5. The van der Waals surface area contributed by atoms with E-state index in [1.54, 1.807) is 17.4 Å². The molecule has 1 aliphatic heterocycles. The van der Waals surface area contributed by atoms with Gasteiger partial charge in [-0.2, -0.15) is 0 Å². The summed E-state index contributed by atoms with van der Waals surface area (Å²) in [6.07, 6.45) is 0.845. The maximum atomic E-state index is 12.4. The van der Waals surface area contributed by atoms with Gasteiger partial charge < -0.3 is 15.4 Å². The summed E-state index contributed by atoms with van der Waals surface area (Å²) in [5.41, 5.74) is 1.48. The highest BCUT2D eigenvalue weighted by molar-refractivity contribution is 7.09. The Labute approximate surface area is 128 Å². The molecule has 0 radical (unpaired) electrons. The fraction of sp³-hybridized carbons (Fsp3) is 0.312. The van der Waals surface area contributed by atoms with Crippen LogP contribution in [0.5, 0.6) is 5.75 Å². The highest BCUT2D eigenvalue weighted by Crippen LogP contribution is 2.31. The fourth-order valence-corrected chi connectivity index (χ4v) is 3.27. The molecule has 1 unspecified atom stereocenters. The quantitative estimate of drug-likeness (QED) is 0.913. The molecule has 2 N–H and O–H groups in total. The van der Waals surface area contributed by atoms with Gasteiger partial charge in [0.05, 0.1) is 11.3 Å². The van der Waals surface area contributed by atoms with Gasteiger partial charge in [0.1, 0.15) is 6.61 Å². The van der Waals surface area contributed by atoms with Crippen molar-refractivity contribution >= 4 is 22.9 Å². The van der Waals surface area contributed by atoms with E-state index in [9.17, 15) is 4.79 Å². The maximum Gasteiger partial charge on any atom is 0.255 e. The Morgan fingerprint density at radius 3 is 3.14 bits per heavy atom. The number of anilines is 1. The van der Waals surface area contributed by atoms with Crippen LogP contribution in [-0.2, 0) is 6.42 Å². The molecule has 0 aliphatic carbocycles. The molecule has 0 spiro atoms. The molecule has 110 valence electrons. The van der Waals surface area contributed by atoms with Gasteiger partial charge in [-0.15, -0.1) is 11.3 Å². The molecule has 1 atom stereocenters. The number of hydrogen-bond acceptors (Lipinski definition) is 4. The molecule has 21 heavy (non-hydrogen) atoms. The molecule has 1 aromatic carbocycles. The van der Waals surface area contributed by atoms with E-state index in [0.717, 1.165) is 18.7 Å². The first-order chi connectivity index (χ1) is 10.2. The van der Waals surface area contributed by atoms with Crippen LogP contribution in [0.15, 0.2) is 35.7 Å². The first-order valence-corrected chi connectivity index (χ1v) is 7.95. The zero-order valence-corrected chi connectivity index (χ0v) is 12.7. The van der Waals surface area contributed by atoms with E-state index in [2.05, 4.69) is 22.1 Å². The van der Waals surface area contributed by atoms with Crippen LogP contribution < -0.4 is 15.4 Å². The van der Waals surface area contributed by atoms with Crippen molar-refractivity contribution < 1.29 is 9.53 Å². The van der Waals surface area contributed by atoms with Crippen LogP contribution >= 0.6 is 11.3 Å². The van der Waals surface area contributed by atoms with Crippen molar-refractivity contribution in [3.63, 3.8) is 0 Å². The molecular weight excluding hydrogens is 284 g/mol. The van der Waals surface area contributed by atoms with Gasteiger partial charge in [0.15, 0.2) is 5.75 Å². The Morgan fingerprint density at radius 1 is 1.43 bits per heavy atom. The second-order valence-electron chi connectivity index (χ2n) is 5.12. The van der Waals surface area contributed by atoms with Crippen molar-refractivity contribution in [2.24, 2.45) is 0 Å². The van der Waals surface area contributed by atoms with Crippen LogP contribution in [0.1, 0.15) is 22.2 Å². The third kappa shape index (κ3) is 3.19. The largest absolute Gasteiger partial charge is 0.489 e. The molecular formula is C16H18N2O2S. The summed E-state index contributed by atoms with van der Waals surface area (Å²) in [4.78, 5) is 13.7. The first-order valence-electron chi connectivity index (χ1n) is 7.07. The topological polar surface area (TPSA) is 50.4 Å². The number of ether oxygens (including phenoxy) is 1. The fourth-order valence-electron chi connectivity index (χ4n) is 2.43. The van der Waals surface area contributed by atoms with E-state index in [1.165, 1.54) is 4.88 Å². The molecule has 4 nitrogen and oxygen atoms in total. The standard InChI is InChI=1S/C16H18N2O2S/c1-11(10-12-4-3-9-21-12)18-16(19)13-5-2-6-14-15(13)20-8-7-17-14/h2-6,9,11,17H,7-8,10H2,1H3,(H,18,19). The summed E-state index contributed by atoms with van der Waals surface area (Å²) in [5.74, 6) is 0.573. The molecule has 1 aromatic heterocycles. The van der Waals surface area contributed by atoms with E-state index < -0.39 is 0 Å². The van der Waals surface area contributed by atoms with E-state index >= 15 is 0 Å². The lowest BCUT2D eigenvalue weighted by Crippen LogP contribution is -2.34. The minimum atomic E-state index is -0.0837. The van der Waals surface area contributed by atoms with Crippen LogP contribution in [0.4, 0.5) is 5.69 Å². The summed E-state index contributed by atoms with van der Waals surface area (Å²) in [6, 6.07) is 9.81. The average Bonchev–Trinajstić information content (AvgIpc) is 2.99. The molecule has 1 amide bonds. The van der Waals surface area contributed by atoms with Gasteiger partial charge in [-0.3, -0.25) is 4.79 Å². The minimum Gasteiger partial charge on any atom is -0.489 e. The van der Waals surface area contributed by atoms with E-state index in [0.29, 0.717) is 17.9 Å². The summed E-state index contributed by atoms with van der Waals surface area (Å²) in [5, 5.41) is 8.34. The summed E-state index contributed by atoms with van der Waals surface area (Å²) in [6.45, 7) is 3.38. The molecule has 0 saturated heterocycles. The van der Waals surface area contributed by atoms with Crippen molar-refractivity contribution in [3.8, 4) is 5.75 Å². The Balaban J connectivity index is 1.70. The lowest BCUT2D eigenvalue weighted by atomic mass is 10.1. The molecule has 0 saturated carbocycles. The van der Waals surface area contributed by atoms with Crippen LogP contribution in [0.25, 0.3) is 0 Å². The van der Waals surface area contributed by atoms with Crippen molar-refractivity contribution in [2.45, 2.75) is 19.4 Å². The molecule has 3 rings (SSSR count). The van der Waals surface area contributed by atoms with E-state index in [4.69, 9.17) is 4.74 Å². The molecule has 2 heterocycles. The van der Waals surface area contributed by atoms with E-state index in [-0.39, 0.29) is 11.9 Å². The van der Waals surface area contributed by atoms with Crippen LogP contribution in [0.2, 0.25) is 0 Å². The zero-order chi connectivity index (χ0) is 14.7. The smallest absolute Gasteiger partial charge is 0.255 e. The van der Waals surface area contributed by atoms with E-state index in [1.807, 2.05) is 25.1 Å². The number of carbonyl (C=O) groups is 1. The molecule has 1 aliphatic rings. The van der Waals surface area contributed by atoms with Crippen LogP contribution in [0, 0.1) is 0 Å². The third-order valence-corrected chi connectivity index (χ3v) is 4.29. The average molecular weight is 302 g/mol. The number of amides is 1. The first kappa shape index (κ1) is 13.9. The second-order valence-corrected chi connectivity index (χ2v) is 6.15. The zero-order valence-electron chi connectivity index (χ0n) is 11.9. The van der Waals surface area contributed by atoms with Gasteiger partial charge in [-0.1, -0.05) is 12.1 Å². The van der Waals surface area contributed by atoms with Gasteiger partial charge >= 0.3 is 0 Å². The summed E-state index contributed by atoms with van der Waals surface area (Å²) < 4.78 is 5.64. The van der Waals surface area contributed by atoms with Crippen molar-refractivity contribution in [2.75, 3.05) is 18.5 Å². The highest BCUT2D eigenvalue weighted by atomic mass is 32.1. The Morgan fingerprint density at radius 2 is 2.33 bits per heavy atom. The lowest BCUT2D eigenvalue weighted by molar-refractivity contribution is 0.0936. The van der Waals surface area contributed by atoms with Crippen LogP contribution in [-0.4, -0.2) is 25.1 Å². The van der Waals surface area contributed by atoms with Gasteiger partial charge in [-0.25, -0.2) is 0 Å². The summed E-state index contributed by atoms with van der Waals surface area (Å²) >= 11 is 1.71. The van der Waals surface area contributed by atoms with Crippen molar-refractivity contribution in [3.05, 3.63) is 46.2 Å². The van der Waals surface area contributed by atoms with Gasteiger partial charge in [-0.05, 0) is 30.5 Å². The number of para-hydroxylation sites is 1. The third-order valence-electron chi connectivity index (χ3n) is 3.39. The van der Waals surface area contributed by atoms with Gasteiger partial charge in [0.2, 0.25) is 0 Å². The lowest BCUT2D eigenvalue weighted by Gasteiger charge is -2.22. The molecule has 0 fully saturated rings. The number of thiophene rings is 1. The highest BCUT2D eigenvalue weighted by Gasteiger charge is 2.20. The monoisotopic (exact) mass is 302 g/mol. The number of nitrogens with one attached hydrogen (secondary N) is 2. The second kappa shape index (κ2) is 6.18. The Kier molecular flexibility index (Phi) is 4.10. The number of carbonyl (C=O) groups excluding carboxylic acids is 1. The number of fused-ring (bicyclic) bond motifs is 1. The number of hydrogen-bond donors (Lipinski definition) is 2. The SMILES string of the molecule is CC(Cc1cccs1)NC(=O)c1cccc2c1OCCN2. The Bertz CT molecular complexity index is 625. The maximum absolute atomic E-state index is 12.4. The van der Waals surface area contributed by atoms with Crippen molar-refractivity contribution in [1.29, 1.82) is 0 Å². The number of benzene rings is 1. The number of rotatable bonds is 4. The molecule has 2 aromatic rings. The molecule has 0 bridgehead atoms. The van der Waals surface area contributed by atoms with Crippen molar-refractivity contribution in [1.82, 2.24) is 5.32 Å². The molecule has 5 heteroatoms. The summed E-state index contributed by atoms with van der Waals surface area (Å²) in [7, 11) is 0. The predicted octanol–water partition coefficient (Wildman–Crippen LogP) is 2.91. The minimum absolute atomic E-state index is 0.0837. The van der Waals surface area contributed by atoms with Gasteiger partial charge in [0, 0.05) is 23.9 Å². The predicted molar refractivity (Wildman–Crippen MR) is 85.4 cm³/mol. The van der Waals surface area contributed by atoms with Crippen LogP contribution in [0.3, 0.4) is 0 Å². The van der Waals surface area contributed by atoms with Gasteiger partial charge in [0.25, 0.3) is 5.91 Å².